The minimum absolute atomic E-state index is 0.152. The molecule has 0 unspecified atom stereocenters. The Kier molecular flexibility index (Phi) is 3.88. The molecule has 1 rings (SSSR count). The Bertz CT molecular complexity index is 285. The lowest BCUT2D eigenvalue weighted by atomic mass is 10.1. The van der Waals surface area contributed by atoms with Crippen molar-refractivity contribution in [1.82, 2.24) is 0 Å². The van der Waals surface area contributed by atoms with Crippen LogP contribution in [0.15, 0.2) is 0 Å². The summed E-state index contributed by atoms with van der Waals surface area (Å²) >= 11 is 0. The molecule has 92 valence electrons. The van der Waals surface area contributed by atoms with E-state index in [9.17, 15) is 9.59 Å². The number of carboxylic acid groups (broad SMARTS) is 1. The maximum atomic E-state index is 11.3. The fraction of sp³-hybridized carbons (Fsp3) is 0.800. The molecule has 1 aliphatic rings. The molecule has 6 heteroatoms. The van der Waals surface area contributed by atoms with E-state index < -0.39 is 29.9 Å². The first kappa shape index (κ1) is 12.9. The van der Waals surface area contributed by atoms with Crippen LogP contribution in [0.1, 0.15) is 26.7 Å². The lowest BCUT2D eigenvalue weighted by Crippen LogP contribution is -2.48. The van der Waals surface area contributed by atoms with Crippen molar-refractivity contribution in [2.24, 2.45) is 0 Å². The van der Waals surface area contributed by atoms with Crippen LogP contribution < -0.4 is 0 Å². The predicted molar refractivity (Wildman–Crippen MR) is 52.7 cm³/mol. The van der Waals surface area contributed by atoms with E-state index >= 15 is 0 Å². The number of aliphatic carboxylic acids is 1. The first-order valence-corrected chi connectivity index (χ1v) is 4.99. The Hall–Kier alpha value is -1.14. The third-order valence-corrected chi connectivity index (χ3v) is 2.22. The smallest absolute Gasteiger partial charge is 0.335 e. The summed E-state index contributed by atoms with van der Waals surface area (Å²) in [5.41, 5.74) is 0. The number of esters is 1. The van der Waals surface area contributed by atoms with Gasteiger partial charge in [-0.3, -0.25) is 4.79 Å². The molecule has 0 aromatic carbocycles. The van der Waals surface area contributed by atoms with Gasteiger partial charge in [0, 0.05) is 6.42 Å². The van der Waals surface area contributed by atoms with Gasteiger partial charge < -0.3 is 19.3 Å². The van der Waals surface area contributed by atoms with Gasteiger partial charge in [0.2, 0.25) is 0 Å². The van der Waals surface area contributed by atoms with Gasteiger partial charge in [0.15, 0.2) is 11.9 Å². The molecule has 0 bridgehead atoms. The van der Waals surface area contributed by atoms with Crippen molar-refractivity contribution in [3.8, 4) is 0 Å². The van der Waals surface area contributed by atoms with Crippen LogP contribution in [-0.4, -0.2) is 42.1 Å². The monoisotopic (exact) mass is 232 g/mol. The quantitative estimate of drug-likeness (QED) is 0.715. The summed E-state index contributed by atoms with van der Waals surface area (Å²) in [6, 6.07) is 0. The summed E-state index contributed by atoms with van der Waals surface area (Å²) in [6.45, 7) is 3.27. The number of carbonyl (C=O) groups excluding carboxylic acids is 1. The SMILES string of the molecule is COC(=O)[C@@H]1C[C@H](CC(=O)O)OC(C)(C)O1. The van der Waals surface area contributed by atoms with E-state index in [0.29, 0.717) is 0 Å². The van der Waals surface area contributed by atoms with Crippen molar-refractivity contribution in [3.63, 3.8) is 0 Å². The maximum Gasteiger partial charge on any atom is 0.335 e. The molecule has 0 radical (unpaired) electrons. The van der Waals surface area contributed by atoms with Crippen LogP contribution in [0.2, 0.25) is 0 Å². The molecule has 0 saturated carbocycles. The molecule has 0 aliphatic carbocycles. The summed E-state index contributed by atoms with van der Waals surface area (Å²) in [6.07, 6.45) is -1.26. The molecular formula is C10H16O6. The van der Waals surface area contributed by atoms with Crippen molar-refractivity contribution < 1.29 is 28.9 Å². The van der Waals surface area contributed by atoms with Gasteiger partial charge >= 0.3 is 11.9 Å². The minimum Gasteiger partial charge on any atom is -0.481 e. The number of carbonyl (C=O) groups is 2. The second-order valence-electron chi connectivity index (χ2n) is 4.10. The van der Waals surface area contributed by atoms with Gasteiger partial charge in [-0.05, 0) is 13.8 Å². The van der Waals surface area contributed by atoms with E-state index in [1.165, 1.54) is 7.11 Å². The Morgan fingerprint density at radius 1 is 1.44 bits per heavy atom. The third kappa shape index (κ3) is 3.46. The van der Waals surface area contributed by atoms with E-state index in [-0.39, 0.29) is 12.8 Å². The molecule has 0 spiro atoms. The topological polar surface area (TPSA) is 82.1 Å². The molecule has 0 aromatic rings. The number of rotatable bonds is 3. The Morgan fingerprint density at radius 3 is 2.56 bits per heavy atom. The van der Waals surface area contributed by atoms with Crippen molar-refractivity contribution in [2.45, 2.75) is 44.7 Å². The zero-order valence-electron chi connectivity index (χ0n) is 9.56. The molecular weight excluding hydrogens is 216 g/mol. The van der Waals surface area contributed by atoms with Crippen LogP contribution in [0.5, 0.6) is 0 Å². The van der Waals surface area contributed by atoms with Gasteiger partial charge in [-0.2, -0.15) is 0 Å². The lowest BCUT2D eigenvalue weighted by Gasteiger charge is -2.39. The van der Waals surface area contributed by atoms with Crippen molar-refractivity contribution in [2.75, 3.05) is 7.11 Å². The minimum atomic E-state index is -0.975. The van der Waals surface area contributed by atoms with Gasteiger partial charge in [-0.1, -0.05) is 0 Å². The second kappa shape index (κ2) is 4.80. The zero-order valence-corrected chi connectivity index (χ0v) is 9.56. The van der Waals surface area contributed by atoms with Crippen LogP contribution in [0.25, 0.3) is 0 Å². The third-order valence-electron chi connectivity index (χ3n) is 2.22. The number of ether oxygens (including phenoxy) is 3. The van der Waals surface area contributed by atoms with E-state index in [0.717, 1.165) is 0 Å². The molecule has 1 fully saturated rings. The Labute approximate surface area is 93.5 Å². The summed E-state index contributed by atoms with van der Waals surface area (Å²) in [5.74, 6) is -2.45. The highest BCUT2D eigenvalue weighted by atomic mass is 16.7. The van der Waals surface area contributed by atoms with Crippen molar-refractivity contribution >= 4 is 11.9 Å². The molecule has 1 N–H and O–H groups in total. The molecule has 1 aliphatic heterocycles. The van der Waals surface area contributed by atoms with Crippen LogP contribution in [-0.2, 0) is 23.8 Å². The maximum absolute atomic E-state index is 11.3. The summed E-state index contributed by atoms with van der Waals surface area (Å²) in [4.78, 5) is 21.9. The fourth-order valence-corrected chi connectivity index (χ4v) is 1.70. The van der Waals surface area contributed by atoms with Crippen LogP contribution in [0.4, 0.5) is 0 Å². The molecule has 1 heterocycles. The summed E-state index contributed by atoms with van der Waals surface area (Å²) in [5, 5.41) is 8.68. The molecule has 6 nitrogen and oxygen atoms in total. The average Bonchev–Trinajstić information content (AvgIpc) is 2.12. The number of hydrogen-bond donors (Lipinski definition) is 1. The second-order valence-corrected chi connectivity index (χ2v) is 4.10. The Balaban J connectivity index is 2.69. The van der Waals surface area contributed by atoms with E-state index in [1.807, 2.05) is 0 Å². The van der Waals surface area contributed by atoms with Gasteiger partial charge in [0.25, 0.3) is 0 Å². The van der Waals surface area contributed by atoms with Gasteiger partial charge in [0.1, 0.15) is 0 Å². The van der Waals surface area contributed by atoms with Crippen LogP contribution in [0, 0.1) is 0 Å². The van der Waals surface area contributed by atoms with Crippen LogP contribution in [0.3, 0.4) is 0 Å². The summed E-state index contributed by atoms with van der Waals surface area (Å²) < 4.78 is 15.3. The first-order valence-electron chi connectivity index (χ1n) is 4.99. The molecule has 2 atom stereocenters. The van der Waals surface area contributed by atoms with Crippen molar-refractivity contribution in [3.05, 3.63) is 0 Å². The molecule has 16 heavy (non-hydrogen) atoms. The largest absolute Gasteiger partial charge is 0.481 e. The van der Waals surface area contributed by atoms with E-state index in [4.69, 9.17) is 14.6 Å². The van der Waals surface area contributed by atoms with E-state index in [2.05, 4.69) is 4.74 Å². The molecule has 0 aromatic heterocycles. The Morgan fingerprint density at radius 2 is 2.06 bits per heavy atom. The molecule has 0 amide bonds. The highest BCUT2D eigenvalue weighted by Gasteiger charge is 2.40. The van der Waals surface area contributed by atoms with Crippen LogP contribution >= 0.6 is 0 Å². The number of hydrogen-bond acceptors (Lipinski definition) is 5. The highest BCUT2D eigenvalue weighted by Crippen LogP contribution is 2.28. The van der Waals surface area contributed by atoms with E-state index in [1.54, 1.807) is 13.8 Å². The summed E-state index contributed by atoms with van der Waals surface area (Å²) in [7, 11) is 1.26. The van der Waals surface area contributed by atoms with Gasteiger partial charge in [0.05, 0.1) is 19.6 Å². The fourth-order valence-electron chi connectivity index (χ4n) is 1.70. The first-order chi connectivity index (χ1) is 7.34. The standard InChI is InChI=1S/C10H16O6/c1-10(2)15-6(5-8(11)12)4-7(16-10)9(13)14-3/h6-7H,4-5H2,1-3H3,(H,11,12)/t6-,7+/m1/s1. The van der Waals surface area contributed by atoms with Gasteiger partial charge in [-0.25, -0.2) is 4.79 Å². The normalized spacial score (nSPS) is 28.4. The number of methoxy groups -OCH3 is 1. The predicted octanol–water partition coefficient (Wildman–Crippen LogP) is 0.544. The number of carboxylic acids is 1. The lowest BCUT2D eigenvalue weighted by molar-refractivity contribution is -0.297. The van der Waals surface area contributed by atoms with Crippen molar-refractivity contribution in [1.29, 1.82) is 0 Å². The van der Waals surface area contributed by atoms with Gasteiger partial charge in [-0.15, -0.1) is 0 Å². The highest BCUT2D eigenvalue weighted by molar-refractivity contribution is 5.75. The zero-order chi connectivity index (χ0) is 12.3. The molecule has 1 saturated heterocycles. The average molecular weight is 232 g/mol.